The maximum Gasteiger partial charge on any atom is 0.315 e. The van der Waals surface area contributed by atoms with E-state index in [0.29, 0.717) is 5.92 Å². The third-order valence-corrected chi connectivity index (χ3v) is 3.60. The van der Waals surface area contributed by atoms with Gasteiger partial charge in [-0.1, -0.05) is 44.5 Å². The molecule has 104 valence electrons. The van der Waals surface area contributed by atoms with Crippen molar-refractivity contribution in [1.82, 2.24) is 10.6 Å². The Morgan fingerprint density at radius 3 is 2.89 bits per heavy atom. The minimum atomic E-state index is -0.0459. The summed E-state index contributed by atoms with van der Waals surface area (Å²) in [6.45, 7) is 4.92. The summed E-state index contributed by atoms with van der Waals surface area (Å²) in [4.78, 5) is 11.9. The van der Waals surface area contributed by atoms with Crippen LogP contribution in [0.1, 0.15) is 50.3 Å². The molecule has 0 aliphatic heterocycles. The summed E-state index contributed by atoms with van der Waals surface area (Å²) in [5.41, 5.74) is 2.67. The summed E-state index contributed by atoms with van der Waals surface area (Å²) in [6, 6.07) is 8.58. The largest absolute Gasteiger partial charge is 0.338 e. The molecule has 0 aromatic heterocycles. The van der Waals surface area contributed by atoms with Gasteiger partial charge in [0.2, 0.25) is 0 Å². The van der Waals surface area contributed by atoms with Crippen LogP contribution in [0.3, 0.4) is 0 Å². The summed E-state index contributed by atoms with van der Waals surface area (Å²) >= 11 is 0. The number of fused-ring (bicyclic) bond motifs is 1. The van der Waals surface area contributed by atoms with Crippen LogP contribution in [-0.4, -0.2) is 12.6 Å². The number of benzene rings is 1. The Morgan fingerprint density at radius 1 is 1.32 bits per heavy atom. The number of aryl methyl sites for hydroxylation is 1. The van der Waals surface area contributed by atoms with E-state index in [-0.39, 0.29) is 12.1 Å². The molecule has 3 nitrogen and oxygen atoms in total. The van der Waals surface area contributed by atoms with Crippen molar-refractivity contribution in [2.45, 2.75) is 45.6 Å². The van der Waals surface area contributed by atoms with Crippen LogP contribution in [0.25, 0.3) is 0 Å². The van der Waals surface area contributed by atoms with E-state index in [1.165, 1.54) is 24.0 Å². The smallest absolute Gasteiger partial charge is 0.315 e. The first-order valence-electron chi connectivity index (χ1n) is 7.29. The number of amides is 2. The van der Waals surface area contributed by atoms with Crippen molar-refractivity contribution in [3.63, 3.8) is 0 Å². The summed E-state index contributed by atoms with van der Waals surface area (Å²) in [7, 11) is 0. The van der Waals surface area contributed by atoms with Crippen LogP contribution in [-0.2, 0) is 6.42 Å². The molecule has 1 aromatic carbocycles. The Kier molecular flexibility index (Phi) is 4.83. The Morgan fingerprint density at radius 2 is 2.11 bits per heavy atom. The molecule has 0 spiro atoms. The van der Waals surface area contributed by atoms with Crippen molar-refractivity contribution >= 4 is 6.03 Å². The molecule has 2 rings (SSSR count). The Balaban J connectivity index is 2.01. The van der Waals surface area contributed by atoms with Gasteiger partial charge in [-0.15, -0.1) is 0 Å². The Bertz CT molecular complexity index is 429. The van der Waals surface area contributed by atoms with E-state index in [9.17, 15) is 4.79 Å². The molecular formula is C16H24N2O. The van der Waals surface area contributed by atoms with Gasteiger partial charge in [0, 0.05) is 6.54 Å². The highest BCUT2D eigenvalue weighted by Crippen LogP contribution is 2.28. The molecule has 19 heavy (non-hydrogen) atoms. The number of hydrogen-bond donors (Lipinski definition) is 2. The molecule has 0 heterocycles. The lowest BCUT2D eigenvalue weighted by Crippen LogP contribution is -2.39. The van der Waals surface area contributed by atoms with E-state index in [2.05, 4.69) is 48.7 Å². The van der Waals surface area contributed by atoms with Gasteiger partial charge in [-0.2, -0.15) is 0 Å². The average molecular weight is 260 g/mol. The summed E-state index contributed by atoms with van der Waals surface area (Å²) < 4.78 is 0. The van der Waals surface area contributed by atoms with Gasteiger partial charge in [-0.25, -0.2) is 4.79 Å². The second-order valence-corrected chi connectivity index (χ2v) is 5.75. The third kappa shape index (κ3) is 3.98. The highest BCUT2D eigenvalue weighted by molar-refractivity contribution is 5.74. The third-order valence-electron chi connectivity index (χ3n) is 3.60. The molecule has 1 aromatic rings. The molecule has 2 amide bonds. The van der Waals surface area contributed by atoms with Crippen molar-refractivity contribution < 1.29 is 4.79 Å². The van der Waals surface area contributed by atoms with Gasteiger partial charge in [0.15, 0.2) is 0 Å². The van der Waals surface area contributed by atoms with Crippen molar-refractivity contribution in [2.75, 3.05) is 6.54 Å². The first kappa shape index (κ1) is 13.9. The molecule has 0 bridgehead atoms. The average Bonchev–Trinajstić information content (AvgIpc) is 2.59. The van der Waals surface area contributed by atoms with Gasteiger partial charge < -0.3 is 10.6 Å². The van der Waals surface area contributed by atoms with Crippen LogP contribution in [0.4, 0.5) is 4.79 Å². The zero-order valence-electron chi connectivity index (χ0n) is 11.9. The van der Waals surface area contributed by atoms with E-state index in [1.54, 1.807) is 0 Å². The Hall–Kier alpha value is -1.51. The predicted octanol–water partition coefficient (Wildman–Crippen LogP) is 3.41. The fraction of sp³-hybridized carbons (Fsp3) is 0.562. The maximum absolute atomic E-state index is 11.9. The number of carbonyl (C=O) groups is 1. The van der Waals surface area contributed by atoms with Gasteiger partial charge in [0.1, 0.15) is 0 Å². The molecule has 1 unspecified atom stereocenters. The summed E-state index contributed by atoms with van der Waals surface area (Å²) in [6.07, 6.45) is 4.54. The summed E-state index contributed by atoms with van der Waals surface area (Å²) in [5, 5.41) is 6.05. The standard InChI is InChI=1S/C16H24N2O/c1-12(2)11-17-16(19)18-15-10-6-4-8-13-7-3-5-9-14(13)15/h3,5,7,9,12,15H,4,6,8,10-11H2,1-2H3,(H2,17,18,19). The van der Waals surface area contributed by atoms with Crippen molar-refractivity contribution in [1.29, 1.82) is 0 Å². The molecule has 1 aliphatic rings. The van der Waals surface area contributed by atoms with Crippen LogP contribution in [0.15, 0.2) is 24.3 Å². The van der Waals surface area contributed by atoms with Crippen molar-refractivity contribution in [3.05, 3.63) is 35.4 Å². The second kappa shape index (κ2) is 6.60. The minimum absolute atomic E-state index is 0.0459. The van der Waals surface area contributed by atoms with E-state index in [0.717, 1.165) is 19.4 Å². The lowest BCUT2D eigenvalue weighted by Gasteiger charge is -2.20. The predicted molar refractivity (Wildman–Crippen MR) is 78.1 cm³/mol. The van der Waals surface area contributed by atoms with Crippen LogP contribution < -0.4 is 10.6 Å². The molecule has 0 saturated carbocycles. The Labute approximate surface area is 115 Å². The van der Waals surface area contributed by atoms with E-state index in [1.807, 2.05) is 0 Å². The molecule has 1 atom stereocenters. The first-order valence-corrected chi connectivity index (χ1v) is 7.29. The number of nitrogens with one attached hydrogen (secondary N) is 2. The van der Waals surface area contributed by atoms with Crippen molar-refractivity contribution in [2.24, 2.45) is 5.92 Å². The molecule has 0 radical (unpaired) electrons. The number of urea groups is 1. The van der Waals surface area contributed by atoms with Gasteiger partial charge in [0.25, 0.3) is 0 Å². The fourth-order valence-electron chi connectivity index (χ4n) is 2.58. The van der Waals surface area contributed by atoms with Crippen molar-refractivity contribution in [3.8, 4) is 0 Å². The highest BCUT2D eigenvalue weighted by atomic mass is 16.2. The zero-order chi connectivity index (χ0) is 13.7. The van der Waals surface area contributed by atoms with Gasteiger partial charge >= 0.3 is 6.03 Å². The summed E-state index contributed by atoms with van der Waals surface area (Å²) in [5.74, 6) is 0.479. The fourth-order valence-corrected chi connectivity index (χ4v) is 2.58. The molecule has 3 heteroatoms. The van der Waals surface area contributed by atoms with Crippen LogP contribution in [0.2, 0.25) is 0 Å². The number of carbonyl (C=O) groups excluding carboxylic acids is 1. The first-order chi connectivity index (χ1) is 9.16. The van der Waals surface area contributed by atoms with Gasteiger partial charge in [0.05, 0.1) is 6.04 Å². The molecule has 2 N–H and O–H groups in total. The minimum Gasteiger partial charge on any atom is -0.338 e. The number of hydrogen-bond acceptors (Lipinski definition) is 1. The monoisotopic (exact) mass is 260 g/mol. The molecule has 1 aliphatic carbocycles. The lowest BCUT2D eigenvalue weighted by atomic mass is 9.99. The van der Waals surface area contributed by atoms with Crippen LogP contribution in [0, 0.1) is 5.92 Å². The quantitative estimate of drug-likeness (QED) is 0.803. The molecule has 0 saturated heterocycles. The zero-order valence-corrected chi connectivity index (χ0v) is 11.9. The number of rotatable bonds is 3. The second-order valence-electron chi connectivity index (χ2n) is 5.75. The highest BCUT2D eigenvalue weighted by Gasteiger charge is 2.19. The van der Waals surface area contributed by atoms with Crippen LogP contribution in [0.5, 0.6) is 0 Å². The lowest BCUT2D eigenvalue weighted by molar-refractivity contribution is 0.235. The maximum atomic E-state index is 11.9. The van der Waals surface area contributed by atoms with E-state index in [4.69, 9.17) is 0 Å². The topological polar surface area (TPSA) is 41.1 Å². The van der Waals surface area contributed by atoms with E-state index >= 15 is 0 Å². The van der Waals surface area contributed by atoms with Crippen LogP contribution >= 0.6 is 0 Å². The molecule has 0 fully saturated rings. The normalized spacial score (nSPS) is 18.6. The SMILES string of the molecule is CC(C)CNC(=O)NC1CCCCc2ccccc21. The molecular weight excluding hydrogens is 236 g/mol. The van der Waals surface area contributed by atoms with Gasteiger partial charge in [-0.05, 0) is 36.3 Å². The van der Waals surface area contributed by atoms with Gasteiger partial charge in [-0.3, -0.25) is 0 Å². The van der Waals surface area contributed by atoms with E-state index < -0.39 is 0 Å².